The van der Waals surface area contributed by atoms with Crippen molar-refractivity contribution in [1.82, 2.24) is 15.6 Å². The monoisotopic (exact) mass is 615 g/mol. The number of ether oxygens (including phenoxy) is 1. The number of ketones is 2. The van der Waals surface area contributed by atoms with E-state index in [-0.39, 0.29) is 42.4 Å². The Morgan fingerprint density at radius 1 is 0.933 bits per heavy atom. The van der Waals surface area contributed by atoms with Crippen LogP contribution in [0.5, 0.6) is 0 Å². The third-order valence-corrected chi connectivity index (χ3v) is 8.17. The molecule has 4 atom stereocenters. The topological polar surface area (TPSA) is 119 Å². The molecular formula is C36H47N4O5+. The summed E-state index contributed by atoms with van der Waals surface area (Å²) in [4.78, 5) is 58.8. The third kappa shape index (κ3) is 10.2. The first kappa shape index (κ1) is 33.8. The van der Waals surface area contributed by atoms with Crippen LogP contribution < -0.4 is 15.5 Å². The van der Waals surface area contributed by atoms with Gasteiger partial charge < -0.3 is 20.3 Å². The predicted molar refractivity (Wildman–Crippen MR) is 174 cm³/mol. The SMILES string of the molecule is CC(C)CC(C[NH+]1CCCC(NC(=O)C(CC(C)C)C(=O)c2ccc3ccccc3n2)C(=O)C1)NC(=O)OCc1ccccc1. The molecular weight excluding hydrogens is 568 g/mol. The van der Waals surface area contributed by atoms with Gasteiger partial charge in [0.15, 0.2) is 5.78 Å². The molecule has 1 aliphatic rings. The lowest BCUT2D eigenvalue weighted by molar-refractivity contribution is -0.892. The number of carbonyl (C=O) groups excluding carboxylic acids is 4. The van der Waals surface area contributed by atoms with Gasteiger partial charge in [0.05, 0.1) is 30.7 Å². The van der Waals surface area contributed by atoms with E-state index in [0.717, 1.165) is 35.2 Å². The van der Waals surface area contributed by atoms with Crippen molar-refractivity contribution in [1.29, 1.82) is 0 Å². The lowest BCUT2D eigenvalue weighted by atomic mass is 9.90. The van der Waals surface area contributed by atoms with Crippen LogP contribution in [0.15, 0.2) is 66.7 Å². The minimum atomic E-state index is -0.931. The smallest absolute Gasteiger partial charge is 0.407 e. The van der Waals surface area contributed by atoms with Gasteiger partial charge in [-0.05, 0) is 55.2 Å². The summed E-state index contributed by atoms with van der Waals surface area (Å²) in [5.74, 6) is -1.32. The molecule has 0 bridgehead atoms. The molecule has 2 aromatic carbocycles. The van der Waals surface area contributed by atoms with E-state index >= 15 is 0 Å². The molecule has 240 valence electrons. The van der Waals surface area contributed by atoms with Crippen LogP contribution in [0.25, 0.3) is 10.9 Å². The zero-order valence-electron chi connectivity index (χ0n) is 26.9. The summed E-state index contributed by atoms with van der Waals surface area (Å²) in [5.41, 5.74) is 1.86. The van der Waals surface area contributed by atoms with E-state index in [4.69, 9.17) is 4.74 Å². The number of para-hydroxylation sites is 1. The number of likely N-dealkylation sites (tertiary alicyclic amines) is 1. The Hall–Kier alpha value is -4.11. The van der Waals surface area contributed by atoms with Crippen LogP contribution in [0.2, 0.25) is 0 Å². The number of Topliss-reactive ketones (excluding diaryl/α,β-unsaturated/α-hetero) is 2. The molecule has 4 unspecified atom stereocenters. The maximum Gasteiger partial charge on any atom is 0.407 e. The summed E-state index contributed by atoms with van der Waals surface area (Å²) in [7, 11) is 0. The molecule has 9 nitrogen and oxygen atoms in total. The largest absolute Gasteiger partial charge is 0.445 e. The van der Waals surface area contributed by atoms with E-state index in [9.17, 15) is 19.2 Å². The van der Waals surface area contributed by atoms with Gasteiger partial charge in [0, 0.05) is 5.39 Å². The first-order chi connectivity index (χ1) is 21.6. The van der Waals surface area contributed by atoms with Gasteiger partial charge in [0.2, 0.25) is 11.7 Å². The maximum absolute atomic E-state index is 13.6. The van der Waals surface area contributed by atoms with Crippen LogP contribution in [-0.4, -0.2) is 60.3 Å². The number of carbonyl (C=O) groups is 4. The molecule has 1 aromatic heterocycles. The second-order valence-corrected chi connectivity index (χ2v) is 13.0. The van der Waals surface area contributed by atoms with Gasteiger partial charge in [-0.2, -0.15) is 0 Å². The number of hydrogen-bond donors (Lipinski definition) is 3. The van der Waals surface area contributed by atoms with E-state index < -0.39 is 24.0 Å². The number of nitrogens with zero attached hydrogens (tertiary/aromatic N) is 1. The Morgan fingerprint density at radius 3 is 2.38 bits per heavy atom. The Bertz CT molecular complexity index is 1460. The van der Waals surface area contributed by atoms with Crippen LogP contribution in [0.3, 0.4) is 0 Å². The molecule has 0 spiro atoms. The number of hydrogen-bond acceptors (Lipinski definition) is 6. The van der Waals surface area contributed by atoms with E-state index in [0.29, 0.717) is 30.8 Å². The van der Waals surface area contributed by atoms with Crippen molar-refractivity contribution in [2.45, 2.75) is 72.1 Å². The number of rotatable bonds is 13. The number of benzene rings is 2. The normalized spacial score (nSPS) is 18.3. The molecule has 1 saturated heterocycles. The van der Waals surface area contributed by atoms with Crippen molar-refractivity contribution in [2.24, 2.45) is 17.8 Å². The predicted octanol–water partition coefficient (Wildman–Crippen LogP) is 4.15. The van der Waals surface area contributed by atoms with Crippen LogP contribution >= 0.6 is 0 Å². The molecule has 9 heteroatoms. The Balaban J connectivity index is 1.36. The number of quaternary nitrogens is 1. The Kier molecular flexibility index (Phi) is 12.2. The molecule has 45 heavy (non-hydrogen) atoms. The third-order valence-electron chi connectivity index (χ3n) is 8.17. The highest BCUT2D eigenvalue weighted by Gasteiger charge is 2.35. The number of aromatic nitrogens is 1. The van der Waals surface area contributed by atoms with Gasteiger partial charge in [-0.1, -0.05) is 82.3 Å². The van der Waals surface area contributed by atoms with Crippen LogP contribution in [0.1, 0.15) is 69.4 Å². The molecule has 2 heterocycles. The maximum atomic E-state index is 13.6. The van der Waals surface area contributed by atoms with E-state index in [1.807, 2.05) is 74.5 Å². The Labute approximate surface area is 266 Å². The summed E-state index contributed by atoms with van der Waals surface area (Å²) < 4.78 is 5.45. The first-order valence-corrected chi connectivity index (χ1v) is 16.1. The molecule has 4 rings (SSSR count). The first-order valence-electron chi connectivity index (χ1n) is 16.1. The minimum Gasteiger partial charge on any atom is -0.445 e. The van der Waals surface area contributed by atoms with E-state index in [2.05, 4.69) is 29.5 Å². The molecule has 0 aliphatic carbocycles. The standard InChI is InChI=1S/C36H46N4O5/c1-24(2)19-28(37-36(44)45-23-26-11-6-5-7-12-26)21-40-18-10-15-31(33(41)22-40)39-35(43)29(20-25(3)4)34(42)32-17-16-27-13-8-9-14-30(27)38-32/h5-9,11-14,16-17,24-25,28-29,31H,10,15,18-23H2,1-4H3,(H,37,44)(H,39,43)/p+1. The van der Waals surface area contributed by atoms with Gasteiger partial charge in [-0.3, -0.25) is 14.4 Å². The molecule has 3 N–H and O–H groups in total. The van der Waals surface area contributed by atoms with Gasteiger partial charge in [0.25, 0.3) is 0 Å². The molecule has 1 aliphatic heterocycles. The summed E-state index contributed by atoms with van der Waals surface area (Å²) in [5, 5.41) is 6.86. The molecule has 2 amide bonds. The summed E-state index contributed by atoms with van der Waals surface area (Å²) >= 11 is 0. The highest BCUT2D eigenvalue weighted by atomic mass is 16.5. The second kappa shape index (κ2) is 16.3. The van der Waals surface area contributed by atoms with Gasteiger partial charge >= 0.3 is 6.09 Å². The fourth-order valence-corrected chi connectivity index (χ4v) is 6.00. The van der Waals surface area contributed by atoms with Crippen molar-refractivity contribution in [3.8, 4) is 0 Å². The number of pyridine rings is 1. The van der Waals surface area contributed by atoms with Crippen LogP contribution in [-0.2, 0) is 20.9 Å². The van der Waals surface area contributed by atoms with Crippen molar-refractivity contribution >= 4 is 34.5 Å². The number of nitrogens with one attached hydrogen (secondary N) is 3. The average Bonchev–Trinajstić information content (AvgIpc) is 3.18. The van der Waals surface area contributed by atoms with Crippen molar-refractivity contribution < 1.29 is 28.8 Å². The summed E-state index contributed by atoms with van der Waals surface area (Å²) in [6, 6.07) is 19.8. The van der Waals surface area contributed by atoms with Gasteiger partial charge in [-0.25, -0.2) is 9.78 Å². The molecule has 0 radical (unpaired) electrons. The number of alkyl carbamates (subject to hydrolysis) is 1. The van der Waals surface area contributed by atoms with Crippen LogP contribution in [0, 0.1) is 17.8 Å². The molecule has 3 aromatic rings. The van der Waals surface area contributed by atoms with E-state index in [1.165, 1.54) is 0 Å². The zero-order valence-corrected chi connectivity index (χ0v) is 26.9. The molecule has 1 fully saturated rings. The summed E-state index contributed by atoms with van der Waals surface area (Å²) in [6.45, 7) is 9.87. The van der Waals surface area contributed by atoms with Crippen molar-refractivity contribution in [3.05, 3.63) is 78.0 Å². The number of fused-ring (bicyclic) bond motifs is 1. The second-order valence-electron chi connectivity index (χ2n) is 13.0. The lowest BCUT2D eigenvalue weighted by Crippen LogP contribution is -3.14. The lowest BCUT2D eigenvalue weighted by Gasteiger charge is -2.25. The zero-order chi connectivity index (χ0) is 32.3. The fraction of sp³-hybridized carbons (Fsp3) is 0.472. The summed E-state index contributed by atoms with van der Waals surface area (Å²) in [6.07, 6.45) is 1.87. The molecule has 0 saturated carbocycles. The van der Waals surface area contributed by atoms with Gasteiger partial charge in [0.1, 0.15) is 24.8 Å². The quantitative estimate of drug-likeness (QED) is 0.196. The minimum absolute atomic E-state index is 0.0645. The van der Waals surface area contributed by atoms with Crippen molar-refractivity contribution in [2.75, 3.05) is 19.6 Å². The average molecular weight is 616 g/mol. The highest BCUT2D eigenvalue weighted by molar-refractivity contribution is 6.10. The van der Waals surface area contributed by atoms with Crippen molar-refractivity contribution in [3.63, 3.8) is 0 Å². The van der Waals surface area contributed by atoms with Crippen LogP contribution in [0.4, 0.5) is 4.79 Å². The fourth-order valence-electron chi connectivity index (χ4n) is 6.00. The Morgan fingerprint density at radius 2 is 1.64 bits per heavy atom. The highest BCUT2D eigenvalue weighted by Crippen LogP contribution is 2.20. The van der Waals surface area contributed by atoms with E-state index in [1.54, 1.807) is 6.07 Å². The van der Waals surface area contributed by atoms with Gasteiger partial charge in [-0.15, -0.1) is 0 Å². The number of amides is 2.